The van der Waals surface area contributed by atoms with Crippen molar-refractivity contribution in [3.05, 3.63) is 82.7 Å². The average molecular weight is 383 g/mol. The molecule has 0 aliphatic rings. The fourth-order valence-corrected chi connectivity index (χ4v) is 2.91. The molecule has 0 spiro atoms. The summed E-state index contributed by atoms with van der Waals surface area (Å²) in [4.78, 5) is 35.2. The minimum absolute atomic E-state index is 0.213. The smallest absolute Gasteiger partial charge is 0.327 e. The number of aromatic nitrogens is 4. The van der Waals surface area contributed by atoms with Crippen LogP contribution < -0.4 is 11.0 Å². The number of amides is 1. The van der Waals surface area contributed by atoms with Crippen LogP contribution in [0.15, 0.2) is 65.8 Å². The van der Waals surface area contributed by atoms with Gasteiger partial charge < -0.3 is 5.32 Å². The topological polar surface area (TPSA) is 92.7 Å². The number of carbonyl (C=O) groups is 1. The fourth-order valence-electron chi connectivity index (χ4n) is 2.91. The van der Waals surface area contributed by atoms with Crippen LogP contribution in [0.2, 0.25) is 0 Å². The Labute approximate surface area is 166 Å². The first-order chi connectivity index (χ1) is 14.1. The molecule has 2 N–H and O–H groups in total. The number of aryl methyl sites for hydroxylation is 1. The number of carbonyl (C=O) groups excluding carboxylic acids is 1. The number of nitrogens with one attached hydrogen (secondary N) is 2. The van der Waals surface area contributed by atoms with Crippen LogP contribution in [0.1, 0.15) is 15.9 Å². The SMILES string of the molecule is Cn1c(=O)[nH]c2ncc(-c3cccc(C(=O)NCC#Cc4cccnc4)c3)cc21. The number of H-pyrrole nitrogens is 1. The lowest BCUT2D eigenvalue weighted by atomic mass is 10.0. The van der Waals surface area contributed by atoms with Crippen LogP contribution in [0, 0.1) is 11.8 Å². The Hall–Kier alpha value is -4.18. The molecule has 0 bridgehead atoms. The molecule has 0 aliphatic heterocycles. The molecule has 7 nitrogen and oxygen atoms in total. The Bertz CT molecular complexity index is 1310. The molecule has 0 radical (unpaired) electrons. The highest BCUT2D eigenvalue weighted by atomic mass is 16.2. The summed E-state index contributed by atoms with van der Waals surface area (Å²) in [7, 11) is 1.68. The second-order valence-corrected chi connectivity index (χ2v) is 6.39. The van der Waals surface area contributed by atoms with Crippen LogP contribution >= 0.6 is 0 Å². The predicted octanol–water partition coefficient (Wildman–Crippen LogP) is 2.11. The van der Waals surface area contributed by atoms with Gasteiger partial charge in [0, 0.05) is 42.3 Å². The molecule has 3 aromatic heterocycles. The Morgan fingerprint density at radius 1 is 1.17 bits per heavy atom. The lowest BCUT2D eigenvalue weighted by Gasteiger charge is -2.06. The number of hydrogen-bond donors (Lipinski definition) is 2. The molecule has 0 aliphatic carbocycles. The molecule has 4 aromatic rings. The first-order valence-electron chi connectivity index (χ1n) is 8.94. The highest BCUT2D eigenvalue weighted by Gasteiger charge is 2.09. The molecule has 7 heteroatoms. The van der Waals surface area contributed by atoms with Crippen LogP contribution in [0.4, 0.5) is 0 Å². The van der Waals surface area contributed by atoms with Crippen molar-refractivity contribution in [1.29, 1.82) is 0 Å². The third kappa shape index (κ3) is 3.92. The van der Waals surface area contributed by atoms with E-state index in [2.05, 4.69) is 32.1 Å². The van der Waals surface area contributed by atoms with E-state index >= 15 is 0 Å². The van der Waals surface area contributed by atoms with E-state index in [4.69, 9.17) is 0 Å². The van der Waals surface area contributed by atoms with Gasteiger partial charge in [-0.2, -0.15) is 0 Å². The summed E-state index contributed by atoms with van der Waals surface area (Å²) in [6, 6.07) is 12.8. The first-order valence-corrected chi connectivity index (χ1v) is 8.94. The van der Waals surface area contributed by atoms with Gasteiger partial charge in [0.05, 0.1) is 12.1 Å². The van der Waals surface area contributed by atoms with Gasteiger partial charge in [-0.25, -0.2) is 9.78 Å². The molecular weight excluding hydrogens is 366 g/mol. The Morgan fingerprint density at radius 3 is 2.90 bits per heavy atom. The zero-order valence-corrected chi connectivity index (χ0v) is 15.6. The number of rotatable bonds is 3. The maximum atomic E-state index is 12.5. The summed E-state index contributed by atoms with van der Waals surface area (Å²) in [6.45, 7) is 0.233. The van der Waals surface area contributed by atoms with E-state index in [-0.39, 0.29) is 18.1 Å². The summed E-state index contributed by atoms with van der Waals surface area (Å²) in [5, 5.41) is 2.79. The van der Waals surface area contributed by atoms with E-state index in [1.165, 1.54) is 4.57 Å². The number of benzene rings is 1. The maximum Gasteiger partial charge on any atom is 0.327 e. The predicted molar refractivity (Wildman–Crippen MR) is 110 cm³/mol. The third-order valence-corrected chi connectivity index (χ3v) is 4.45. The van der Waals surface area contributed by atoms with E-state index in [9.17, 15) is 9.59 Å². The van der Waals surface area contributed by atoms with Crippen LogP contribution in [-0.2, 0) is 7.05 Å². The number of imidazole rings is 1. The molecule has 3 heterocycles. The van der Waals surface area contributed by atoms with Crippen molar-refractivity contribution in [3.63, 3.8) is 0 Å². The molecule has 0 saturated heterocycles. The summed E-state index contributed by atoms with van der Waals surface area (Å²) in [5.74, 6) is 5.64. The molecular formula is C22H17N5O2. The van der Waals surface area contributed by atoms with Crippen molar-refractivity contribution in [2.24, 2.45) is 7.05 Å². The molecule has 4 rings (SSSR count). The zero-order chi connectivity index (χ0) is 20.2. The molecule has 142 valence electrons. The second kappa shape index (κ2) is 7.82. The minimum Gasteiger partial charge on any atom is -0.341 e. The van der Waals surface area contributed by atoms with E-state index in [0.717, 1.165) is 16.7 Å². The second-order valence-electron chi connectivity index (χ2n) is 6.39. The third-order valence-electron chi connectivity index (χ3n) is 4.45. The van der Waals surface area contributed by atoms with Crippen molar-refractivity contribution >= 4 is 17.1 Å². The minimum atomic E-state index is -0.217. The van der Waals surface area contributed by atoms with Crippen molar-refractivity contribution in [2.75, 3.05) is 6.54 Å². The van der Waals surface area contributed by atoms with Gasteiger partial charge in [0.2, 0.25) is 0 Å². The van der Waals surface area contributed by atoms with Crippen molar-refractivity contribution in [2.45, 2.75) is 0 Å². The number of hydrogen-bond acceptors (Lipinski definition) is 4. The van der Waals surface area contributed by atoms with Gasteiger partial charge >= 0.3 is 5.69 Å². The average Bonchev–Trinajstić information content (AvgIpc) is 3.05. The van der Waals surface area contributed by atoms with Crippen LogP contribution in [-0.4, -0.2) is 32.0 Å². The van der Waals surface area contributed by atoms with Gasteiger partial charge in [-0.1, -0.05) is 24.0 Å². The highest BCUT2D eigenvalue weighted by molar-refractivity contribution is 5.95. The summed E-state index contributed by atoms with van der Waals surface area (Å²) in [5.41, 5.74) is 3.99. The van der Waals surface area contributed by atoms with Crippen molar-refractivity contribution in [1.82, 2.24) is 24.8 Å². The van der Waals surface area contributed by atoms with E-state index in [1.807, 2.05) is 30.3 Å². The summed E-state index contributed by atoms with van der Waals surface area (Å²) in [6.07, 6.45) is 5.03. The molecule has 0 fully saturated rings. The normalized spacial score (nSPS) is 10.4. The quantitative estimate of drug-likeness (QED) is 0.530. The number of fused-ring (bicyclic) bond motifs is 1. The molecule has 29 heavy (non-hydrogen) atoms. The Morgan fingerprint density at radius 2 is 2.07 bits per heavy atom. The van der Waals surface area contributed by atoms with Gasteiger partial charge in [0.15, 0.2) is 5.65 Å². The van der Waals surface area contributed by atoms with Crippen LogP contribution in [0.5, 0.6) is 0 Å². The molecule has 0 saturated carbocycles. The highest BCUT2D eigenvalue weighted by Crippen LogP contribution is 2.22. The van der Waals surface area contributed by atoms with Gasteiger partial charge in [-0.05, 0) is 35.9 Å². The number of aromatic amines is 1. The van der Waals surface area contributed by atoms with Gasteiger partial charge in [0.1, 0.15) is 0 Å². The number of nitrogens with zero attached hydrogens (tertiary/aromatic N) is 3. The lowest BCUT2D eigenvalue weighted by Crippen LogP contribution is -2.23. The van der Waals surface area contributed by atoms with Gasteiger partial charge in [0.25, 0.3) is 5.91 Å². The van der Waals surface area contributed by atoms with Crippen LogP contribution in [0.25, 0.3) is 22.3 Å². The van der Waals surface area contributed by atoms with E-state index in [1.54, 1.807) is 37.8 Å². The zero-order valence-electron chi connectivity index (χ0n) is 15.6. The Balaban J connectivity index is 1.51. The fraction of sp³-hybridized carbons (Fsp3) is 0.0909. The first kappa shape index (κ1) is 18.2. The van der Waals surface area contributed by atoms with Crippen molar-refractivity contribution < 1.29 is 4.79 Å². The van der Waals surface area contributed by atoms with Gasteiger partial charge in [-0.15, -0.1) is 0 Å². The standard InChI is InChI=1S/C22H17N5O2/c1-27-19-12-18(14-25-20(19)26-22(27)29)16-7-2-8-17(11-16)21(28)24-10-4-6-15-5-3-9-23-13-15/h2-3,5,7-9,11-14H,10H2,1H3,(H,24,28)(H,25,26,29). The molecule has 1 amide bonds. The molecule has 0 atom stereocenters. The maximum absolute atomic E-state index is 12.5. The van der Waals surface area contributed by atoms with Crippen LogP contribution in [0.3, 0.4) is 0 Å². The molecule has 1 aromatic carbocycles. The summed E-state index contributed by atoms with van der Waals surface area (Å²) >= 11 is 0. The Kier molecular flexibility index (Phi) is 4.91. The van der Waals surface area contributed by atoms with E-state index < -0.39 is 0 Å². The molecule has 0 unspecified atom stereocenters. The van der Waals surface area contributed by atoms with Crippen molar-refractivity contribution in [3.8, 4) is 23.0 Å². The number of pyridine rings is 2. The van der Waals surface area contributed by atoms with Gasteiger partial charge in [-0.3, -0.25) is 19.3 Å². The summed E-state index contributed by atoms with van der Waals surface area (Å²) < 4.78 is 1.50. The largest absolute Gasteiger partial charge is 0.341 e. The van der Waals surface area contributed by atoms with E-state index in [0.29, 0.717) is 16.7 Å². The lowest BCUT2D eigenvalue weighted by molar-refractivity contribution is 0.0958. The monoisotopic (exact) mass is 383 g/mol.